The average molecular weight is 453 g/mol. The van der Waals surface area contributed by atoms with Gasteiger partial charge in [-0.25, -0.2) is 9.78 Å². The number of carboxylic acids is 2. The summed E-state index contributed by atoms with van der Waals surface area (Å²) in [5.41, 5.74) is 13.8. The molecular formula is C21H23N7O5. The summed E-state index contributed by atoms with van der Waals surface area (Å²) in [6, 6.07) is 7.10. The number of carbonyl (C=O) groups excluding carboxylic acids is 1. The van der Waals surface area contributed by atoms with E-state index in [-0.39, 0.29) is 30.2 Å². The number of nitrogens with zero attached hydrogens (tertiary/aromatic N) is 4. The molecule has 1 atom stereocenters. The van der Waals surface area contributed by atoms with Crippen molar-refractivity contribution >= 4 is 46.3 Å². The van der Waals surface area contributed by atoms with Gasteiger partial charge >= 0.3 is 11.9 Å². The summed E-state index contributed by atoms with van der Waals surface area (Å²) in [4.78, 5) is 48.5. The van der Waals surface area contributed by atoms with Crippen molar-refractivity contribution in [2.24, 2.45) is 0 Å². The molecule has 7 N–H and O–H groups in total. The Morgan fingerprint density at radius 2 is 1.82 bits per heavy atom. The van der Waals surface area contributed by atoms with Crippen LogP contribution in [0.25, 0.3) is 11.0 Å². The van der Waals surface area contributed by atoms with Gasteiger partial charge in [-0.05, 0) is 42.3 Å². The van der Waals surface area contributed by atoms with Crippen LogP contribution in [0.3, 0.4) is 0 Å². The van der Waals surface area contributed by atoms with E-state index in [1.54, 1.807) is 30.5 Å². The number of pyridine rings is 1. The molecule has 2 aromatic heterocycles. The van der Waals surface area contributed by atoms with Crippen molar-refractivity contribution in [2.75, 3.05) is 23.4 Å². The standard InChI is InChI=1S/C21H23N7O5/c1-28(10-11-8-14-17(22)26-21(23)27-18(14)24-9-11)13-4-2-12(3-5-13)19(31)25-15(20(32)33)6-7-16(29)30/h2-5,8-9,15H,6-7,10H2,1H3,(H,25,31)(H,29,30)(H,32,33)(H4,22,23,24,26,27). The Morgan fingerprint density at radius 3 is 2.45 bits per heavy atom. The molecule has 0 aliphatic carbocycles. The first-order chi connectivity index (χ1) is 15.6. The smallest absolute Gasteiger partial charge is 0.326 e. The Hall–Kier alpha value is -4.48. The largest absolute Gasteiger partial charge is 0.481 e. The highest BCUT2D eigenvalue weighted by Crippen LogP contribution is 2.21. The third-order valence-electron chi connectivity index (χ3n) is 4.90. The number of aromatic nitrogens is 3. The lowest BCUT2D eigenvalue weighted by Crippen LogP contribution is -2.41. The summed E-state index contributed by atoms with van der Waals surface area (Å²) in [6.07, 6.45) is 1.09. The summed E-state index contributed by atoms with van der Waals surface area (Å²) in [5, 5.41) is 20.9. The number of carbonyl (C=O) groups is 3. The highest BCUT2D eigenvalue weighted by Gasteiger charge is 2.21. The minimum atomic E-state index is -1.29. The van der Waals surface area contributed by atoms with Crippen molar-refractivity contribution in [1.29, 1.82) is 0 Å². The number of amides is 1. The topological polar surface area (TPSA) is 198 Å². The number of benzene rings is 1. The summed E-state index contributed by atoms with van der Waals surface area (Å²) in [7, 11) is 1.86. The number of rotatable bonds is 9. The number of nitrogens with two attached hydrogens (primary N) is 2. The van der Waals surface area contributed by atoms with Crippen LogP contribution < -0.4 is 21.7 Å². The molecule has 0 spiro atoms. The molecule has 33 heavy (non-hydrogen) atoms. The van der Waals surface area contributed by atoms with E-state index in [2.05, 4.69) is 20.3 Å². The maximum atomic E-state index is 12.4. The van der Waals surface area contributed by atoms with Crippen LogP contribution in [0.4, 0.5) is 17.5 Å². The molecular weight excluding hydrogens is 430 g/mol. The third-order valence-corrected chi connectivity index (χ3v) is 4.90. The Kier molecular flexibility index (Phi) is 6.86. The zero-order valence-corrected chi connectivity index (χ0v) is 17.7. The van der Waals surface area contributed by atoms with Gasteiger partial charge in [0.2, 0.25) is 5.95 Å². The maximum Gasteiger partial charge on any atom is 0.326 e. The molecule has 12 heteroatoms. The molecule has 0 radical (unpaired) electrons. The number of fused-ring (bicyclic) bond motifs is 1. The average Bonchev–Trinajstić information content (AvgIpc) is 2.76. The summed E-state index contributed by atoms with van der Waals surface area (Å²) >= 11 is 0. The van der Waals surface area contributed by atoms with Crippen LogP contribution in [-0.4, -0.2) is 56.1 Å². The maximum absolute atomic E-state index is 12.4. The number of nitrogens with one attached hydrogen (secondary N) is 1. The number of hydrogen-bond donors (Lipinski definition) is 5. The van der Waals surface area contributed by atoms with Gasteiger partial charge in [-0.3, -0.25) is 9.59 Å². The first-order valence-electron chi connectivity index (χ1n) is 9.88. The number of anilines is 3. The summed E-state index contributed by atoms with van der Waals surface area (Å²) in [5.74, 6) is -2.73. The van der Waals surface area contributed by atoms with Gasteiger partial charge < -0.3 is 31.9 Å². The predicted octanol–water partition coefficient (Wildman–Crippen LogP) is 0.873. The van der Waals surface area contributed by atoms with E-state index in [9.17, 15) is 19.5 Å². The zero-order chi connectivity index (χ0) is 24.1. The first kappa shape index (κ1) is 23.2. The van der Waals surface area contributed by atoms with E-state index in [1.807, 2.05) is 18.0 Å². The van der Waals surface area contributed by atoms with E-state index in [1.165, 1.54) is 0 Å². The fraction of sp³-hybridized carbons (Fsp3) is 0.238. The minimum absolute atomic E-state index is 0.0538. The van der Waals surface area contributed by atoms with E-state index in [0.717, 1.165) is 11.3 Å². The van der Waals surface area contributed by atoms with E-state index >= 15 is 0 Å². The van der Waals surface area contributed by atoms with Crippen LogP contribution in [0.2, 0.25) is 0 Å². The molecule has 0 aliphatic heterocycles. The molecule has 3 rings (SSSR count). The number of aliphatic carboxylic acids is 2. The molecule has 0 saturated heterocycles. The monoisotopic (exact) mass is 453 g/mol. The molecule has 172 valence electrons. The van der Waals surface area contributed by atoms with Crippen molar-refractivity contribution in [2.45, 2.75) is 25.4 Å². The zero-order valence-electron chi connectivity index (χ0n) is 17.7. The fourth-order valence-electron chi connectivity index (χ4n) is 3.18. The minimum Gasteiger partial charge on any atom is -0.481 e. The lowest BCUT2D eigenvalue weighted by atomic mass is 10.1. The van der Waals surface area contributed by atoms with Gasteiger partial charge in [0.15, 0.2) is 5.65 Å². The van der Waals surface area contributed by atoms with Crippen LogP contribution in [-0.2, 0) is 16.1 Å². The fourth-order valence-corrected chi connectivity index (χ4v) is 3.18. The van der Waals surface area contributed by atoms with Gasteiger partial charge in [0.05, 0.1) is 5.39 Å². The van der Waals surface area contributed by atoms with Crippen molar-refractivity contribution in [3.8, 4) is 0 Å². The third kappa shape index (κ3) is 5.81. The molecule has 0 fully saturated rings. The molecule has 0 saturated carbocycles. The summed E-state index contributed by atoms with van der Waals surface area (Å²) in [6.45, 7) is 0.481. The van der Waals surface area contributed by atoms with Crippen LogP contribution >= 0.6 is 0 Å². The predicted molar refractivity (Wildman–Crippen MR) is 120 cm³/mol. The number of carboxylic acid groups (broad SMARTS) is 2. The molecule has 12 nitrogen and oxygen atoms in total. The Labute approximate surface area is 188 Å². The molecule has 1 unspecified atom stereocenters. The second kappa shape index (κ2) is 9.77. The Balaban J connectivity index is 1.67. The first-order valence-corrected chi connectivity index (χ1v) is 9.88. The summed E-state index contributed by atoms with van der Waals surface area (Å²) < 4.78 is 0. The highest BCUT2D eigenvalue weighted by atomic mass is 16.4. The van der Waals surface area contributed by atoms with E-state index in [4.69, 9.17) is 16.6 Å². The van der Waals surface area contributed by atoms with Crippen LogP contribution in [0.5, 0.6) is 0 Å². The molecule has 1 aromatic carbocycles. The number of nitrogen functional groups attached to an aromatic ring is 2. The van der Waals surface area contributed by atoms with Gasteiger partial charge in [0.25, 0.3) is 5.91 Å². The lowest BCUT2D eigenvalue weighted by Gasteiger charge is -2.20. The SMILES string of the molecule is CN(Cc1cnc2nc(N)nc(N)c2c1)c1ccc(C(=O)NC(CCC(=O)O)C(=O)O)cc1. The second-order valence-electron chi connectivity index (χ2n) is 7.38. The van der Waals surface area contributed by atoms with Crippen LogP contribution in [0.1, 0.15) is 28.8 Å². The normalized spacial score (nSPS) is 11.7. The molecule has 0 aliphatic rings. The van der Waals surface area contributed by atoms with Crippen molar-refractivity contribution in [1.82, 2.24) is 20.3 Å². The van der Waals surface area contributed by atoms with Crippen molar-refractivity contribution in [3.05, 3.63) is 47.7 Å². The van der Waals surface area contributed by atoms with Crippen LogP contribution in [0.15, 0.2) is 36.5 Å². The van der Waals surface area contributed by atoms with Gasteiger partial charge in [0, 0.05) is 37.5 Å². The highest BCUT2D eigenvalue weighted by molar-refractivity contribution is 5.97. The van der Waals surface area contributed by atoms with Gasteiger partial charge in [-0.1, -0.05) is 0 Å². The van der Waals surface area contributed by atoms with E-state index in [0.29, 0.717) is 17.6 Å². The van der Waals surface area contributed by atoms with Gasteiger partial charge in [0.1, 0.15) is 11.9 Å². The Morgan fingerprint density at radius 1 is 1.12 bits per heavy atom. The van der Waals surface area contributed by atoms with Gasteiger partial charge in [-0.2, -0.15) is 9.97 Å². The Bertz CT molecular complexity index is 1200. The molecule has 1 amide bonds. The van der Waals surface area contributed by atoms with Crippen molar-refractivity contribution in [3.63, 3.8) is 0 Å². The second-order valence-corrected chi connectivity index (χ2v) is 7.38. The van der Waals surface area contributed by atoms with Gasteiger partial charge in [-0.15, -0.1) is 0 Å². The molecule has 2 heterocycles. The van der Waals surface area contributed by atoms with Crippen molar-refractivity contribution < 1.29 is 24.6 Å². The van der Waals surface area contributed by atoms with Crippen LogP contribution in [0, 0.1) is 0 Å². The molecule has 3 aromatic rings. The lowest BCUT2D eigenvalue weighted by molar-refractivity contribution is -0.140. The molecule has 0 bridgehead atoms. The quantitative estimate of drug-likeness (QED) is 0.308. The number of hydrogen-bond acceptors (Lipinski definition) is 9. The van der Waals surface area contributed by atoms with E-state index < -0.39 is 23.9 Å².